The Labute approximate surface area is 213 Å². The van der Waals surface area contributed by atoms with Crippen molar-refractivity contribution in [3.05, 3.63) is 0 Å². The quantitative estimate of drug-likeness (QED) is 0.153. The maximum Gasteiger partial charge on any atom is 3.00 e. The van der Waals surface area contributed by atoms with Gasteiger partial charge in [-0.2, -0.15) is 0 Å². The third-order valence-corrected chi connectivity index (χ3v) is 2.80. The van der Waals surface area contributed by atoms with E-state index >= 15 is 0 Å². The van der Waals surface area contributed by atoms with Crippen molar-refractivity contribution < 1.29 is 87.5 Å². The van der Waals surface area contributed by atoms with E-state index in [9.17, 15) is 58.5 Å². The molecule has 0 aromatic heterocycles. The first-order valence-electron chi connectivity index (χ1n) is 8.90. The largest absolute Gasteiger partial charge is 3.00 e. The number of carboxylic acid groups (broad SMARTS) is 3. The van der Waals surface area contributed by atoms with Gasteiger partial charge >= 0.3 is 19.5 Å². The Bertz CT molecular complexity index is 645. The third kappa shape index (κ3) is 44.8. The average Bonchev–Trinajstić information content (AvgIpc) is 2.77. The summed E-state index contributed by atoms with van der Waals surface area (Å²) in [5.74, 6) is -8.82. The molecule has 0 aliphatic carbocycles. The minimum atomic E-state index is -1.72. The third-order valence-electron chi connectivity index (χ3n) is 2.80. The first-order valence-corrected chi connectivity index (χ1v) is 8.90. The molecule has 0 aromatic carbocycles. The van der Waals surface area contributed by atoms with Crippen molar-refractivity contribution in [2.75, 3.05) is 0 Å². The van der Waals surface area contributed by atoms with Crippen LogP contribution in [0.25, 0.3) is 0 Å². The van der Waals surface area contributed by atoms with Crippen molar-refractivity contribution in [3.8, 4) is 0 Å². The molecule has 0 aliphatic heterocycles. The van der Waals surface area contributed by atoms with Crippen LogP contribution in [0, 0.1) is 0 Å². The summed E-state index contributed by atoms with van der Waals surface area (Å²) >= 11 is 0. The van der Waals surface area contributed by atoms with E-state index in [1.165, 1.54) is 20.8 Å². The molecule has 0 rings (SSSR count). The monoisotopic (exact) mass is 592 g/mol. The van der Waals surface area contributed by atoms with Crippen molar-refractivity contribution in [2.24, 2.45) is 0 Å². The molecule has 198 valence electrons. The van der Waals surface area contributed by atoms with Gasteiger partial charge in [-0.05, 0) is 20.8 Å². The fourth-order valence-electron chi connectivity index (χ4n) is 1.17. The van der Waals surface area contributed by atoms with Crippen LogP contribution in [0.3, 0.4) is 0 Å². The Morgan fingerprint density at radius 2 is 0.571 bits per heavy atom. The Kier molecular flexibility index (Phi) is 39.1. The summed E-state index contributed by atoms with van der Waals surface area (Å²) in [5.41, 5.74) is 0. The van der Waals surface area contributed by atoms with E-state index in [0.717, 1.165) is 0 Å². The SMILES string of the molecule is C=O.C=O.CC(=O)CCC(=O)C(=O)[O-].CC(=O)CCC(=O)C(=O)[O-].CC(=O)CCC(=O)C(=O)[O-].[Rh+3]. The van der Waals surface area contributed by atoms with Crippen LogP contribution in [0.5, 0.6) is 0 Å². The second-order valence-corrected chi connectivity index (χ2v) is 5.74. The first kappa shape index (κ1) is 45.0. The minimum absolute atomic E-state index is 0. The van der Waals surface area contributed by atoms with Crippen LogP contribution in [0.1, 0.15) is 59.3 Å². The number of carbonyl (C=O) groups is 11. The second-order valence-electron chi connectivity index (χ2n) is 5.74. The van der Waals surface area contributed by atoms with Crippen LogP contribution in [0.2, 0.25) is 0 Å². The van der Waals surface area contributed by atoms with Crippen LogP contribution in [-0.4, -0.2) is 66.2 Å². The Balaban J connectivity index is -0.0000000827. The number of rotatable bonds is 12. The molecule has 0 unspecified atom stereocenters. The fraction of sp³-hybridized carbons (Fsp3) is 0.450. The molecule has 0 radical (unpaired) electrons. The Morgan fingerprint density at radius 1 is 0.429 bits per heavy atom. The van der Waals surface area contributed by atoms with Crippen LogP contribution >= 0.6 is 0 Å². The van der Waals surface area contributed by atoms with E-state index in [1.807, 2.05) is 13.6 Å². The van der Waals surface area contributed by atoms with Gasteiger partial charge in [-0.1, -0.05) is 0 Å². The van der Waals surface area contributed by atoms with Gasteiger partial charge in [0, 0.05) is 38.5 Å². The zero-order valence-electron chi connectivity index (χ0n) is 19.2. The van der Waals surface area contributed by atoms with Crippen LogP contribution in [-0.2, 0) is 72.2 Å². The van der Waals surface area contributed by atoms with E-state index < -0.39 is 35.3 Å². The molecule has 0 atom stereocenters. The summed E-state index contributed by atoms with van der Waals surface area (Å²) < 4.78 is 0. The maximum atomic E-state index is 10.2. The molecule has 15 heteroatoms. The molecule has 0 N–H and O–H groups in total. The molecule has 0 amide bonds. The summed E-state index contributed by atoms with van der Waals surface area (Å²) in [6.45, 7) is 7.88. The molecule has 0 saturated heterocycles. The fourth-order valence-corrected chi connectivity index (χ4v) is 1.17. The number of Topliss-reactive ketones (excluding diaryl/α,β-unsaturated/α-hetero) is 6. The van der Waals surface area contributed by atoms with Crippen LogP contribution in [0.4, 0.5) is 0 Å². The zero-order chi connectivity index (χ0) is 28.4. The van der Waals surface area contributed by atoms with E-state index in [2.05, 4.69) is 0 Å². The van der Waals surface area contributed by atoms with Crippen molar-refractivity contribution >= 4 is 66.2 Å². The standard InChI is InChI=1S/3C6H8O4.2CH2O.Rh/c3*1-4(7)2-3-5(8)6(9)10;2*1-2;/h3*2-3H2,1H3,(H,9,10);2*1H2;/q;;;;;+3/p-3. The van der Waals surface area contributed by atoms with E-state index in [0.29, 0.717) is 0 Å². The summed E-state index contributed by atoms with van der Waals surface area (Å²) in [4.78, 5) is 107. The van der Waals surface area contributed by atoms with Crippen molar-refractivity contribution in [1.29, 1.82) is 0 Å². The normalized spacial score (nSPS) is 7.86. The summed E-state index contributed by atoms with van der Waals surface area (Å²) in [6, 6.07) is 0. The Hall–Kier alpha value is -3.61. The molecule has 0 saturated carbocycles. The summed E-state index contributed by atoms with van der Waals surface area (Å²) in [7, 11) is 0. The van der Waals surface area contributed by atoms with Gasteiger partial charge in [0.25, 0.3) is 0 Å². The predicted molar refractivity (Wildman–Crippen MR) is 104 cm³/mol. The predicted octanol–water partition coefficient (Wildman–Crippen LogP) is -4.35. The van der Waals surface area contributed by atoms with Gasteiger partial charge in [0.05, 0.1) is 0 Å². The number of carboxylic acids is 3. The number of hydrogen-bond acceptors (Lipinski definition) is 14. The second kappa shape index (κ2) is 30.4. The molecule has 0 spiro atoms. The molecular formula is C20H25O14Rh. The van der Waals surface area contributed by atoms with E-state index in [1.54, 1.807) is 0 Å². The number of ketones is 6. The van der Waals surface area contributed by atoms with Gasteiger partial charge in [-0.15, -0.1) is 0 Å². The zero-order valence-corrected chi connectivity index (χ0v) is 20.8. The molecule has 0 aliphatic rings. The van der Waals surface area contributed by atoms with Crippen molar-refractivity contribution in [2.45, 2.75) is 59.3 Å². The van der Waals surface area contributed by atoms with Crippen molar-refractivity contribution in [3.63, 3.8) is 0 Å². The molecule has 0 aromatic rings. The average molecular weight is 592 g/mol. The number of aliphatic carboxylic acids is 3. The molecule has 35 heavy (non-hydrogen) atoms. The first-order chi connectivity index (χ1) is 15.6. The molecule has 14 nitrogen and oxygen atoms in total. The number of hydrogen-bond donors (Lipinski definition) is 0. The molecule has 0 bridgehead atoms. The van der Waals surface area contributed by atoms with E-state index in [-0.39, 0.29) is 75.4 Å². The molecule has 0 fully saturated rings. The van der Waals surface area contributed by atoms with E-state index in [4.69, 9.17) is 9.59 Å². The van der Waals surface area contributed by atoms with Gasteiger partial charge in [0.15, 0.2) is 17.3 Å². The van der Waals surface area contributed by atoms with Gasteiger partial charge < -0.3 is 53.7 Å². The summed E-state index contributed by atoms with van der Waals surface area (Å²) in [6.07, 6.45) is -0.820. The van der Waals surface area contributed by atoms with Crippen molar-refractivity contribution in [1.82, 2.24) is 0 Å². The summed E-state index contributed by atoms with van der Waals surface area (Å²) in [5, 5.41) is 29.2. The van der Waals surface area contributed by atoms with Gasteiger partial charge in [0.1, 0.15) is 48.8 Å². The van der Waals surface area contributed by atoms with Crippen LogP contribution in [0.15, 0.2) is 0 Å². The smallest absolute Gasteiger partial charge is 0.542 e. The minimum Gasteiger partial charge on any atom is -0.542 e. The number of carbonyl (C=O) groups excluding carboxylic acids is 11. The topological polar surface area (TPSA) is 257 Å². The molecular weight excluding hydrogens is 567 g/mol. The van der Waals surface area contributed by atoms with Gasteiger partial charge in [0.2, 0.25) is 0 Å². The van der Waals surface area contributed by atoms with Crippen LogP contribution < -0.4 is 15.3 Å². The van der Waals surface area contributed by atoms with Gasteiger partial charge in [-0.25, -0.2) is 0 Å². The molecule has 0 heterocycles. The Morgan fingerprint density at radius 3 is 0.657 bits per heavy atom. The maximum absolute atomic E-state index is 10.2. The van der Waals surface area contributed by atoms with Gasteiger partial charge in [-0.3, -0.25) is 14.4 Å².